The van der Waals surface area contributed by atoms with Gasteiger partial charge in [0.15, 0.2) is 17.6 Å². The van der Waals surface area contributed by atoms with Crippen LogP contribution in [0.1, 0.15) is 18.1 Å². The van der Waals surface area contributed by atoms with Crippen LogP contribution >= 0.6 is 0 Å². The molecule has 2 aromatic rings. The number of esters is 1. The van der Waals surface area contributed by atoms with Crippen molar-refractivity contribution in [2.45, 2.75) is 20.0 Å². The molecule has 1 atom stereocenters. The Morgan fingerprint density at radius 3 is 2.30 bits per heavy atom. The zero-order valence-corrected chi connectivity index (χ0v) is 15.8. The summed E-state index contributed by atoms with van der Waals surface area (Å²) in [7, 11) is 3.09. The summed E-state index contributed by atoms with van der Waals surface area (Å²) in [5, 5.41) is 2.71. The summed E-state index contributed by atoms with van der Waals surface area (Å²) in [6.45, 7) is 3.48. The number of nitrogens with one attached hydrogen (secondary N) is 1. The maximum Gasteiger partial charge on any atom is 0.331 e. The normalized spacial score (nSPS) is 11.7. The van der Waals surface area contributed by atoms with E-state index in [0.717, 1.165) is 11.1 Å². The third-order valence-electron chi connectivity index (χ3n) is 3.80. The van der Waals surface area contributed by atoms with Gasteiger partial charge in [-0.3, -0.25) is 4.79 Å². The molecular weight excluding hydrogens is 346 g/mol. The van der Waals surface area contributed by atoms with E-state index in [0.29, 0.717) is 17.2 Å². The second-order valence-corrected chi connectivity index (χ2v) is 5.88. The quantitative estimate of drug-likeness (QED) is 0.596. The maximum absolute atomic E-state index is 12.1. The Labute approximate surface area is 158 Å². The van der Waals surface area contributed by atoms with Crippen molar-refractivity contribution in [3.05, 3.63) is 59.7 Å². The molecule has 0 aliphatic rings. The summed E-state index contributed by atoms with van der Waals surface area (Å²) in [6.07, 6.45) is 1.92. The number of carbonyl (C=O) groups is 2. The highest BCUT2D eigenvalue weighted by atomic mass is 16.5. The van der Waals surface area contributed by atoms with E-state index in [4.69, 9.17) is 14.2 Å². The molecule has 142 valence electrons. The molecule has 2 aromatic carbocycles. The van der Waals surface area contributed by atoms with E-state index in [-0.39, 0.29) is 0 Å². The second kappa shape index (κ2) is 9.43. The van der Waals surface area contributed by atoms with Gasteiger partial charge in [-0.05, 0) is 49.8 Å². The zero-order chi connectivity index (χ0) is 19.8. The second-order valence-electron chi connectivity index (χ2n) is 5.88. The number of amides is 1. The molecule has 0 radical (unpaired) electrons. The van der Waals surface area contributed by atoms with E-state index < -0.39 is 18.0 Å². The molecule has 6 heteroatoms. The summed E-state index contributed by atoms with van der Waals surface area (Å²) in [6, 6.07) is 12.6. The molecule has 0 aromatic heterocycles. The van der Waals surface area contributed by atoms with Crippen LogP contribution in [-0.2, 0) is 14.3 Å². The number of carbonyl (C=O) groups excluding carboxylic acids is 2. The van der Waals surface area contributed by atoms with Gasteiger partial charge in [-0.15, -0.1) is 0 Å². The van der Waals surface area contributed by atoms with Crippen LogP contribution in [0.2, 0.25) is 0 Å². The Morgan fingerprint density at radius 2 is 1.67 bits per heavy atom. The van der Waals surface area contributed by atoms with Crippen LogP contribution in [0.3, 0.4) is 0 Å². The first-order valence-corrected chi connectivity index (χ1v) is 8.41. The van der Waals surface area contributed by atoms with Crippen molar-refractivity contribution in [2.75, 3.05) is 19.5 Å². The summed E-state index contributed by atoms with van der Waals surface area (Å²) in [4.78, 5) is 24.1. The molecule has 0 heterocycles. The first kappa shape index (κ1) is 20.0. The molecule has 1 amide bonds. The van der Waals surface area contributed by atoms with Crippen LogP contribution in [0.4, 0.5) is 5.69 Å². The topological polar surface area (TPSA) is 73.9 Å². The van der Waals surface area contributed by atoms with Gasteiger partial charge >= 0.3 is 5.97 Å². The van der Waals surface area contributed by atoms with Crippen LogP contribution in [0.5, 0.6) is 11.5 Å². The Balaban J connectivity index is 1.93. The van der Waals surface area contributed by atoms with E-state index in [1.807, 2.05) is 19.1 Å². The molecule has 0 bridgehead atoms. The smallest absolute Gasteiger partial charge is 0.331 e. The van der Waals surface area contributed by atoms with Crippen LogP contribution in [0.15, 0.2) is 48.5 Å². The highest BCUT2D eigenvalue weighted by molar-refractivity contribution is 5.96. The number of benzene rings is 2. The van der Waals surface area contributed by atoms with Gasteiger partial charge in [-0.2, -0.15) is 0 Å². The number of rotatable bonds is 7. The fourth-order valence-electron chi connectivity index (χ4n) is 2.27. The summed E-state index contributed by atoms with van der Waals surface area (Å²) in [5.74, 6) is 0.139. The van der Waals surface area contributed by atoms with Crippen molar-refractivity contribution < 1.29 is 23.8 Å². The summed E-state index contributed by atoms with van der Waals surface area (Å²) >= 11 is 0. The minimum Gasteiger partial charge on any atom is -0.493 e. The molecule has 0 saturated heterocycles. The molecule has 0 unspecified atom stereocenters. The fourth-order valence-corrected chi connectivity index (χ4v) is 2.27. The summed E-state index contributed by atoms with van der Waals surface area (Å²) in [5.41, 5.74) is 2.48. The monoisotopic (exact) mass is 369 g/mol. The molecule has 0 spiro atoms. The first-order chi connectivity index (χ1) is 12.9. The highest BCUT2D eigenvalue weighted by Gasteiger charge is 2.16. The molecule has 0 saturated carbocycles. The SMILES string of the molecule is COc1ccc(/C=C/C(=O)O[C@@H](C)C(=O)Nc2ccc(C)cc2)cc1OC. The van der Waals surface area contributed by atoms with Crippen molar-refractivity contribution in [2.24, 2.45) is 0 Å². The Morgan fingerprint density at radius 1 is 1.00 bits per heavy atom. The molecule has 2 rings (SSSR count). The van der Waals surface area contributed by atoms with Gasteiger partial charge < -0.3 is 19.5 Å². The van der Waals surface area contributed by atoms with E-state index in [1.54, 1.807) is 43.5 Å². The predicted octanol–water partition coefficient (Wildman–Crippen LogP) is 3.60. The van der Waals surface area contributed by atoms with E-state index >= 15 is 0 Å². The van der Waals surface area contributed by atoms with Gasteiger partial charge in [-0.25, -0.2) is 4.79 Å². The lowest BCUT2D eigenvalue weighted by Gasteiger charge is -2.12. The first-order valence-electron chi connectivity index (χ1n) is 8.41. The fraction of sp³-hybridized carbons (Fsp3) is 0.238. The molecule has 0 aliphatic carbocycles. The van der Waals surface area contributed by atoms with E-state index in [9.17, 15) is 9.59 Å². The van der Waals surface area contributed by atoms with E-state index in [1.165, 1.54) is 20.1 Å². The molecule has 6 nitrogen and oxygen atoms in total. The van der Waals surface area contributed by atoms with Crippen LogP contribution in [0, 0.1) is 6.92 Å². The lowest BCUT2D eigenvalue weighted by atomic mass is 10.2. The number of hydrogen-bond acceptors (Lipinski definition) is 5. The largest absolute Gasteiger partial charge is 0.493 e. The standard InChI is InChI=1S/C21H23NO5/c1-14-5-9-17(10-6-14)22-21(24)15(2)27-20(23)12-8-16-7-11-18(25-3)19(13-16)26-4/h5-13,15H,1-4H3,(H,22,24)/b12-8+/t15-/m0/s1. The number of anilines is 1. The summed E-state index contributed by atoms with van der Waals surface area (Å²) < 4.78 is 15.5. The highest BCUT2D eigenvalue weighted by Crippen LogP contribution is 2.27. The number of ether oxygens (including phenoxy) is 3. The average Bonchev–Trinajstić information content (AvgIpc) is 2.67. The average molecular weight is 369 g/mol. The van der Waals surface area contributed by atoms with Gasteiger partial charge in [-0.1, -0.05) is 23.8 Å². The van der Waals surface area contributed by atoms with Crippen molar-refractivity contribution in [3.63, 3.8) is 0 Å². The molecule has 0 fully saturated rings. The molecule has 0 aliphatic heterocycles. The number of hydrogen-bond donors (Lipinski definition) is 1. The Hall–Kier alpha value is -3.28. The number of aryl methyl sites for hydroxylation is 1. The van der Waals surface area contributed by atoms with Crippen molar-refractivity contribution >= 4 is 23.6 Å². The molecular formula is C21H23NO5. The Bertz CT molecular complexity index is 827. The van der Waals surface area contributed by atoms with Gasteiger partial charge in [0.25, 0.3) is 5.91 Å². The third kappa shape index (κ3) is 5.88. The van der Waals surface area contributed by atoms with Gasteiger partial charge in [0.05, 0.1) is 14.2 Å². The van der Waals surface area contributed by atoms with Crippen LogP contribution in [-0.4, -0.2) is 32.2 Å². The van der Waals surface area contributed by atoms with Crippen LogP contribution in [0.25, 0.3) is 6.08 Å². The van der Waals surface area contributed by atoms with Crippen molar-refractivity contribution in [1.29, 1.82) is 0 Å². The van der Waals surface area contributed by atoms with Gasteiger partial charge in [0, 0.05) is 11.8 Å². The van der Waals surface area contributed by atoms with Gasteiger partial charge in [0.1, 0.15) is 0 Å². The van der Waals surface area contributed by atoms with Crippen molar-refractivity contribution in [1.82, 2.24) is 0 Å². The van der Waals surface area contributed by atoms with Gasteiger partial charge in [0.2, 0.25) is 0 Å². The Kier molecular flexibility index (Phi) is 7.00. The lowest BCUT2D eigenvalue weighted by Crippen LogP contribution is -2.29. The van der Waals surface area contributed by atoms with Crippen LogP contribution < -0.4 is 14.8 Å². The predicted molar refractivity (Wildman–Crippen MR) is 104 cm³/mol. The molecule has 1 N–H and O–H groups in total. The minimum absolute atomic E-state index is 0.397. The van der Waals surface area contributed by atoms with Crippen molar-refractivity contribution in [3.8, 4) is 11.5 Å². The number of methoxy groups -OCH3 is 2. The minimum atomic E-state index is -0.922. The zero-order valence-electron chi connectivity index (χ0n) is 15.8. The molecule has 27 heavy (non-hydrogen) atoms. The third-order valence-corrected chi connectivity index (χ3v) is 3.80. The maximum atomic E-state index is 12.1. The van der Waals surface area contributed by atoms with E-state index in [2.05, 4.69) is 5.32 Å². The lowest BCUT2D eigenvalue weighted by molar-refractivity contribution is -0.148.